The molecule has 1 amide bonds. The number of anilines is 1. The SMILES string of the molecule is CC(C)(C)OC(=O)N1CCC[C@@H]1CC1(C=O)CC=Cc2ccc(N)cc21. The van der Waals surface area contributed by atoms with Crippen LogP contribution in [0.2, 0.25) is 0 Å². The lowest BCUT2D eigenvalue weighted by Gasteiger charge is -2.37. The highest BCUT2D eigenvalue weighted by Crippen LogP contribution is 2.41. The maximum atomic E-state index is 12.6. The van der Waals surface area contributed by atoms with Crippen LogP contribution in [0.5, 0.6) is 0 Å². The zero-order chi connectivity index (χ0) is 18.9. The number of fused-ring (bicyclic) bond motifs is 1. The molecule has 1 aliphatic carbocycles. The second kappa shape index (κ2) is 6.78. The van der Waals surface area contributed by atoms with Crippen molar-refractivity contribution in [2.45, 2.75) is 63.5 Å². The van der Waals surface area contributed by atoms with Crippen molar-refractivity contribution in [1.82, 2.24) is 4.90 Å². The van der Waals surface area contributed by atoms with Gasteiger partial charge in [0.05, 0.1) is 5.41 Å². The number of nitrogens with two attached hydrogens (primary N) is 1. The molecule has 0 aromatic heterocycles. The molecule has 2 atom stereocenters. The van der Waals surface area contributed by atoms with Gasteiger partial charge in [0.2, 0.25) is 0 Å². The monoisotopic (exact) mass is 356 g/mol. The number of carbonyl (C=O) groups excluding carboxylic acids is 2. The second-order valence-corrected chi connectivity index (χ2v) is 8.40. The average molecular weight is 356 g/mol. The molecule has 140 valence electrons. The molecule has 2 N–H and O–H groups in total. The van der Waals surface area contributed by atoms with Crippen LogP contribution in [0, 0.1) is 0 Å². The van der Waals surface area contributed by atoms with E-state index in [-0.39, 0.29) is 12.1 Å². The molecule has 0 saturated carbocycles. The fraction of sp³-hybridized carbons (Fsp3) is 0.524. The summed E-state index contributed by atoms with van der Waals surface area (Å²) in [6, 6.07) is 5.71. The summed E-state index contributed by atoms with van der Waals surface area (Å²) in [5.41, 5.74) is 7.46. The van der Waals surface area contributed by atoms with Crippen LogP contribution in [0.4, 0.5) is 10.5 Å². The van der Waals surface area contributed by atoms with Crippen molar-refractivity contribution in [2.24, 2.45) is 0 Å². The van der Waals surface area contributed by atoms with E-state index in [9.17, 15) is 9.59 Å². The summed E-state index contributed by atoms with van der Waals surface area (Å²) in [6.45, 7) is 6.28. The van der Waals surface area contributed by atoms with Crippen molar-refractivity contribution >= 4 is 24.1 Å². The Morgan fingerprint density at radius 2 is 2.19 bits per heavy atom. The Kier molecular flexibility index (Phi) is 4.82. The van der Waals surface area contributed by atoms with Gasteiger partial charge in [0.15, 0.2) is 0 Å². The lowest BCUT2D eigenvalue weighted by molar-refractivity contribution is -0.113. The summed E-state index contributed by atoms with van der Waals surface area (Å²) in [5, 5.41) is 0. The predicted molar refractivity (Wildman–Crippen MR) is 103 cm³/mol. The third kappa shape index (κ3) is 3.62. The number of ether oxygens (including phenoxy) is 1. The van der Waals surface area contributed by atoms with Crippen molar-refractivity contribution in [2.75, 3.05) is 12.3 Å². The minimum absolute atomic E-state index is 0.00386. The van der Waals surface area contributed by atoms with Gasteiger partial charge in [-0.3, -0.25) is 0 Å². The topological polar surface area (TPSA) is 72.6 Å². The van der Waals surface area contributed by atoms with E-state index in [1.54, 1.807) is 4.90 Å². The van der Waals surface area contributed by atoms with Crippen LogP contribution in [-0.2, 0) is 14.9 Å². The number of hydrogen-bond acceptors (Lipinski definition) is 4. The Morgan fingerprint density at radius 1 is 1.42 bits per heavy atom. The molecule has 26 heavy (non-hydrogen) atoms. The zero-order valence-corrected chi connectivity index (χ0v) is 15.8. The van der Waals surface area contributed by atoms with E-state index in [0.717, 1.165) is 30.3 Å². The van der Waals surface area contributed by atoms with Crippen LogP contribution in [-0.4, -0.2) is 35.5 Å². The number of aldehydes is 1. The first-order chi connectivity index (χ1) is 12.2. The van der Waals surface area contributed by atoms with Gasteiger partial charge in [-0.1, -0.05) is 18.2 Å². The van der Waals surface area contributed by atoms with Crippen LogP contribution in [0.3, 0.4) is 0 Å². The largest absolute Gasteiger partial charge is 0.444 e. The zero-order valence-electron chi connectivity index (χ0n) is 15.8. The van der Waals surface area contributed by atoms with Gasteiger partial charge in [0, 0.05) is 18.3 Å². The van der Waals surface area contributed by atoms with Crippen LogP contribution >= 0.6 is 0 Å². The third-order valence-corrected chi connectivity index (χ3v) is 5.22. The number of nitrogen functional groups attached to an aromatic ring is 1. The molecular weight excluding hydrogens is 328 g/mol. The van der Waals surface area contributed by atoms with Crippen molar-refractivity contribution in [1.29, 1.82) is 0 Å². The van der Waals surface area contributed by atoms with Gasteiger partial charge in [0.25, 0.3) is 0 Å². The molecule has 0 bridgehead atoms. The molecule has 1 aliphatic heterocycles. The fourth-order valence-corrected chi connectivity index (χ4v) is 4.04. The minimum Gasteiger partial charge on any atom is -0.444 e. The second-order valence-electron chi connectivity index (χ2n) is 8.40. The minimum atomic E-state index is -0.644. The van der Waals surface area contributed by atoms with E-state index < -0.39 is 11.0 Å². The standard InChI is InChI=1S/C21H28N2O3/c1-20(2,3)26-19(25)23-11-5-7-17(23)13-21(14-24)10-4-6-15-8-9-16(22)12-18(15)21/h4,6,8-9,12,14,17H,5,7,10-11,13,22H2,1-3H3/t17-,21?/m1/s1. The number of benzene rings is 1. The van der Waals surface area contributed by atoms with Gasteiger partial charge in [-0.05, 0) is 69.7 Å². The Hall–Kier alpha value is -2.30. The molecule has 5 nitrogen and oxygen atoms in total. The lowest BCUT2D eigenvalue weighted by atomic mass is 9.69. The van der Waals surface area contributed by atoms with Crippen LogP contribution in [0.1, 0.15) is 57.6 Å². The van der Waals surface area contributed by atoms with Gasteiger partial charge >= 0.3 is 6.09 Å². The molecule has 5 heteroatoms. The summed E-state index contributed by atoms with van der Waals surface area (Å²) < 4.78 is 5.56. The molecule has 1 saturated heterocycles. The highest BCUT2D eigenvalue weighted by molar-refractivity contribution is 5.77. The van der Waals surface area contributed by atoms with Gasteiger partial charge < -0.3 is 20.2 Å². The summed E-state index contributed by atoms with van der Waals surface area (Å²) in [5.74, 6) is 0. The molecule has 3 rings (SSSR count). The first-order valence-electron chi connectivity index (χ1n) is 9.27. The van der Waals surface area contributed by atoms with Crippen molar-refractivity contribution in [3.8, 4) is 0 Å². The summed E-state index contributed by atoms with van der Waals surface area (Å²) in [6.07, 6.45) is 7.87. The number of nitrogens with zero attached hydrogens (tertiary/aromatic N) is 1. The van der Waals surface area contributed by atoms with Crippen molar-refractivity contribution < 1.29 is 14.3 Å². The molecule has 1 aromatic rings. The Morgan fingerprint density at radius 3 is 2.88 bits per heavy atom. The summed E-state index contributed by atoms with van der Waals surface area (Å²) >= 11 is 0. The van der Waals surface area contributed by atoms with Crippen LogP contribution < -0.4 is 5.73 Å². The maximum Gasteiger partial charge on any atom is 0.410 e. The summed E-state index contributed by atoms with van der Waals surface area (Å²) in [4.78, 5) is 26.6. The van der Waals surface area contributed by atoms with Crippen LogP contribution in [0.25, 0.3) is 6.08 Å². The first-order valence-corrected chi connectivity index (χ1v) is 9.27. The van der Waals surface area contributed by atoms with E-state index in [1.165, 1.54) is 0 Å². The Balaban J connectivity index is 1.87. The number of hydrogen-bond donors (Lipinski definition) is 1. The first kappa shape index (κ1) is 18.5. The maximum absolute atomic E-state index is 12.6. The van der Waals surface area contributed by atoms with Gasteiger partial charge in [-0.25, -0.2) is 4.79 Å². The van der Waals surface area contributed by atoms with E-state index in [1.807, 2.05) is 51.1 Å². The molecule has 1 heterocycles. The quantitative estimate of drug-likeness (QED) is 0.658. The fourth-order valence-electron chi connectivity index (χ4n) is 4.04. The number of amides is 1. The Labute approximate surface area is 155 Å². The van der Waals surface area contributed by atoms with E-state index in [0.29, 0.717) is 25.1 Å². The predicted octanol–water partition coefficient (Wildman–Crippen LogP) is 3.91. The molecule has 1 aromatic carbocycles. The van der Waals surface area contributed by atoms with Crippen molar-refractivity contribution in [3.63, 3.8) is 0 Å². The average Bonchev–Trinajstić information content (AvgIpc) is 3.02. The number of allylic oxidation sites excluding steroid dienone is 1. The Bertz CT molecular complexity index is 735. The van der Waals surface area contributed by atoms with E-state index >= 15 is 0 Å². The van der Waals surface area contributed by atoms with E-state index in [2.05, 4.69) is 0 Å². The molecule has 0 spiro atoms. The molecular formula is C21H28N2O3. The summed E-state index contributed by atoms with van der Waals surface area (Å²) in [7, 11) is 0. The number of likely N-dealkylation sites (tertiary alicyclic amines) is 1. The molecule has 0 radical (unpaired) electrons. The highest BCUT2D eigenvalue weighted by atomic mass is 16.6. The normalized spacial score (nSPS) is 25.0. The molecule has 2 aliphatic rings. The number of carbonyl (C=O) groups is 2. The highest BCUT2D eigenvalue weighted by Gasteiger charge is 2.42. The molecule has 1 unspecified atom stereocenters. The van der Waals surface area contributed by atoms with Crippen LogP contribution in [0.15, 0.2) is 24.3 Å². The van der Waals surface area contributed by atoms with Crippen molar-refractivity contribution in [3.05, 3.63) is 35.4 Å². The van der Waals surface area contributed by atoms with Gasteiger partial charge in [0.1, 0.15) is 11.9 Å². The lowest BCUT2D eigenvalue weighted by Crippen LogP contribution is -2.44. The smallest absolute Gasteiger partial charge is 0.410 e. The van der Waals surface area contributed by atoms with E-state index in [4.69, 9.17) is 10.5 Å². The molecule has 1 fully saturated rings. The third-order valence-electron chi connectivity index (χ3n) is 5.22. The number of rotatable bonds is 3. The van der Waals surface area contributed by atoms with Gasteiger partial charge in [-0.2, -0.15) is 0 Å². The van der Waals surface area contributed by atoms with Gasteiger partial charge in [-0.15, -0.1) is 0 Å².